The third-order valence-corrected chi connectivity index (χ3v) is 5.85. The fourth-order valence-corrected chi connectivity index (χ4v) is 3.59. The summed E-state index contributed by atoms with van der Waals surface area (Å²) in [6.45, 7) is 2.55. The molecule has 0 aliphatic rings. The average Bonchev–Trinajstić information content (AvgIpc) is 2.71. The van der Waals surface area contributed by atoms with Crippen LogP contribution < -0.4 is 4.74 Å². The molecule has 18 heavy (non-hydrogen) atoms. The number of halogens is 2. The Balaban J connectivity index is 2.26. The zero-order valence-corrected chi connectivity index (χ0v) is 13.6. The summed E-state index contributed by atoms with van der Waals surface area (Å²) in [5, 5.41) is 1.89. The third kappa shape index (κ3) is 2.84. The van der Waals surface area contributed by atoms with Crippen LogP contribution in [0.2, 0.25) is 0 Å². The SMILES string of the molecule is CCOc1ccc(C(=O)c2scc(Br)c2Br)cc1. The minimum Gasteiger partial charge on any atom is -0.494 e. The van der Waals surface area contributed by atoms with E-state index in [-0.39, 0.29) is 5.78 Å². The molecule has 1 aromatic carbocycles. The summed E-state index contributed by atoms with van der Waals surface area (Å²) < 4.78 is 7.06. The van der Waals surface area contributed by atoms with Crippen LogP contribution in [0.25, 0.3) is 0 Å². The van der Waals surface area contributed by atoms with Gasteiger partial charge in [-0.2, -0.15) is 0 Å². The molecular weight excluding hydrogens is 380 g/mol. The van der Waals surface area contributed by atoms with E-state index in [4.69, 9.17) is 4.74 Å². The molecule has 0 aliphatic heterocycles. The maximum Gasteiger partial charge on any atom is 0.204 e. The molecule has 94 valence electrons. The van der Waals surface area contributed by atoms with Crippen molar-refractivity contribution < 1.29 is 9.53 Å². The van der Waals surface area contributed by atoms with Gasteiger partial charge < -0.3 is 4.74 Å². The van der Waals surface area contributed by atoms with Crippen LogP contribution in [-0.2, 0) is 0 Å². The summed E-state index contributed by atoms with van der Waals surface area (Å²) in [6, 6.07) is 7.20. The summed E-state index contributed by atoms with van der Waals surface area (Å²) in [5.41, 5.74) is 0.661. The topological polar surface area (TPSA) is 26.3 Å². The fourth-order valence-electron chi connectivity index (χ4n) is 1.48. The van der Waals surface area contributed by atoms with Crippen LogP contribution in [-0.4, -0.2) is 12.4 Å². The van der Waals surface area contributed by atoms with Gasteiger partial charge in [0.25, 0.3) is 0 Å². The fraction of sp³-hybridized carbons (Fsp3) is 0.154. The second-order valence-electron chi connectivity index (χ2n) is 3.51. The molecule has 0 spiro atoms. The highest BCUT2D eigenvalue weighted by molar-refractivity contribution is 9.13. The lowest BCUT2D eigenvalue weighted by molar-refractivity contribution is 0.104. The smallest absolute Gasteiger partial charge is 0.204 e. The van der Waals surface area contributed by atoms with Crippen molar-refractivity contribution in [1.82, 2.24) is 0 Å². The quantitative estimate of drug-likeness (QED) is 0.695. The second kappa shape index (κ2) is 5.99. The largest absolute Gasteiger partial charge is 0.494 e. The molecule has 1 heterocycles. The number of rotatable bonds is 4. The van der Waals surface area contributed by atoms with Crippen LogP contribution >= 0.6 is 43.2 Å². The minimum atomic E-state index is 0.0145. The molecule has 5 heteroatoms. The van der Waals surface area contributed by atoms with E-state index in [9.17, 15) is 4.79 Å². The van der Waals surface area contributed by atoms with Crippen molar-refractivity contribution in [1.29, 1.82) is 0 Å². The van der Waals surface area contributed by atoms with Crippen molar-refractivity contribution in [2.24, 2.45) is 0 Å². The molecule has 0 saturated heterocycles. The van der Waals surface area contributed by atoms with Gasteiger partial charge in [0.2, 0.25) is 5.78 Å². The van der Waals surface area contributed by atoms with Crippen molar-refractivity contribution in [2.75, 3.05) is 6.61 Å². The second-order valence-corrected chi connectivity index (χ2v) is 6.04. The Hall–Kier alpha value is -0.650. The number of ketones is 1. The average molecular weight is 390 g/mol. The Morgan fingerprint density at radius 2 is 1.94 bits per heavy atom. The van der Waals surface area contributed by atoms with Crippen LogP contribution in [0, 0.1) is 0 Å². The molecule has 0 atom stereocenters. The number of hydrogen-bond acceptors (Lipinski definition) is 3. The third-order valence-electron chi connectivity index (χ3n) is 2.32. The highest BCUT2D eigenvalue weighted by Crippen LogP contribution is 2.34. The highest BCUT2D eigenvalue weighted by Gasteiger charge is 2.16. The van der Waals surface area contributed by atoms with Crippen LogP contribution in [0.3, 0.4) is 0 Å². The Labute approximate surface area is 126 Å². The molecule has 2 aromatic rings. The van der Waals surface area contributed by atoms with Crippen molar-refractivity contribution in [3.8, 4) is 5.75 Å². The summed E-state index contributed by atoms with van der Waals surface area (Å²) in [5.74, 6) is 0.793. The van der Waals surface area contributed by atoms with E-state index in [2.05, 4.69) is 31.9 Å². The Bertz CT molecular complexity index is 561. The number of thiophene rings is 1. The van der Waals surface area contributed by atoms with Crippen LogP contribution in [0.5, 0.6) is 5.75 Å². The monoisotopic (exact) mass is 388 g/mol. The van der Waals surface area contributed by atoms with Gasteiger partial charge in [0.1, 0.15) is 5.75 Å². The first-order valence-corrected chi connectivity index (χ1v) is 7.80. The lowest BCUT2D eigenvalue weighted by Gasteiger charge is -2.04. The first kappa shape index (κ1) is 13.8. The van der Waals surface area contributed by atoms with Gasteiger partial charge in [-0.3, -0.25) is 4.79 Å². The van der Waals surface area contributed by atoms with Crippen molar-refractivity contribution in [3.63, 3.8) is 0 Å². The Kier molecular flexibility index (Phi) is 4.59. The predicted molar refractivity (Wildman–Crippen MR) is 80.8 cm³/mol. The summed E-state index contributed by atoms with van der Waals surface area (Å²) in [6.07, 6.45) is 0. The highest BCUT2D eigenvalue weighted by atomic mass is 79.9. The van der Waals surface area contributed by atoms with Crippen molar-refractivity contribution in [2.45, 2.75) is 6.92 Å². The molecule has 0 unspecified atom stereocenters. The van der Waals surface area contributed by atoms with Gasteiger partial charge in [0.15, 0.2) is 0 Å². The van der Waals surface area contributed by atoms with Crippen molar-refractivity contribution >= 4 is 49.0 Å². The molecule has 0 bridgehead atoms. The summed E-state index contributed by atoms with van der Waals surface area (Å²) >= 11 is 8.20. The zero-order chi connectivity index (χ0) is 13.1. The number of carbonyl (C=O) groups excluding carboxylic acids is 1. The van der Waals surface area contributed by atoms with Gasteiger partial charge in [0, 0.05) is 15.4 Å². The Morgan fingerprint density at radius 1 is 1.28 bits per heavy atom. The van der Waals surface area contributed by atoms with E-state index in [0.29, 0.717) is 17.0 Å². The van der Waals surface area contributed by atoms with E-state index in [1.807, 2.05) is 24.4 Å². The lowest BCUT2D eigenvalue weighted by atomic mass is 10.1. The minimum absolute atomic E-state index is 0.0145. The van der Waals surface area contributed by atoms with E-state index in [1.54, 1.807) is 12.1 Å². The maximum atomic E-state index is 12.3. The van der Waals surface area contributed by atoms with Crippen LogP contribution in [0.15, 0.2) is 38.6 Å². The van der Waals surface area contributed by atoms with Crippen molar-refractivity contribution in [3.05, 3.63) is 49.0 Å². The summed E-state index contributed by atoms with van der Waals surface area (Å²) in [7, 11) is 0. The lowest BCUT2D eigenvalue weighted by Crippen LogP contribution is -1.99. The van der Waals surface area contributed by atoms with Gasteiger partial charge in [0.05, 0.1) is 16.0 Å². The standard InChI is InChI=1S/C13H10Br2O2S/c1-2-17-9-5-3-8(4-6-9)12(16)13-11(15)10(14)7-18-13/h3-7H,2H2,1H3. The van der Waals surface area contributed by atoms with Gasteiger partial charge in [-0.15, -0.1) is 11.3 Å². The van der Waals surface area contributed by atoms with Crippen LogP contribution in [0.1, 0.15) is 22.2 Å². The molecule has 0 radical (unpaired) electrons. The van der Waals surface area contributed by atoms with E-state index >= 15 is 0 Å². The molecule has 0 saturated carbocycles. The molecular formula is C13H10Br2O2S. The van der Waals surface area contributed by atoms with Crippen LogP contribution in [0.4, 0.5) is 0 Å². The molecule has 0 N–H and O–H groups in total. The molecule has 1 aromatic heterocycles. The van der Waals surface area contributed by atoms with Gasteiger partial charge in [-0.25, -0.2) is 0 Å². The first-order valence-electron chi connectivity index (χ1n) is 5.33. The molecule has 2 rings (SSSR count). The molecule has 0 fully saturated rings. The normalized spacial score (nSPS) is 10.4. The van der Waals surface area contributed by atoms with Gasteiger partial charge in [-0.1, -0.05) is 0 Å². The summed E-state index contributed by atoms with van der Waals surface area (Å²) in [4.78, 5) is 13.0. The maximum absolute atomic E-state index is 12.3. The van der Waals surface area contributed by atoms with E-state index in [1.165, 1.54) is 11.3 Å². The number of benzene rings is 1. The Morgan fingerprint density at radius 3 is 2.44 bits per heavy atom. The number of hydrogen-bond donors (Lipinski definition) is 0. The molecule has 0 amide bonds. The molecule has 0 aliphatic carbocycles. The molecule has 2 nitrogen and oxygen atoms in total. The van der Waals surface area contributed by atoms with E-state index < -0.39 is 0 Å². The van der Waals surface area contributed by atoms with Gasteiger partial charge in [-0.05, 0) is 63.0 Å². The first-order chi connectivity index (χ1) is 8.63. The van der Waals surface area contributed by atoms with Gasteiger partial charge >= 0.3 is 0 Å². The number of ether oxygens (including phenoxy) is 1. The van der Waals surface area contributed by atoms with E-state index in [0.717, 1.165) is 14.7 Å². The number of carbonyl (C=O) groups is 1. The zero-order valence-electron chi connectivity index (χ0n) is 9.57. The predicted octanol–water partition coefficient (Wildman–Crippen LogP) is 4.90.